The Kier molecular flexibility index (Phi) is 2.97. The Morgan fingerprint density at radius 3 is 2.68 bits per heavy atom. The molecule has 0 spiro atoms. The molecule has 1 aliphatic heterocycles. The second-order valence-corrected chi connectivity index (χ2v) is 5.79. The zero-order valence-corrected chi connectivity index (χ0v) is 12.2. The average molecular weight is 321 g/mol. The van der Waals surface area contributed by atoms with Crippen molar-refractivity contribution in [3.8, 4) is 0 Å². The van der Waals surface area contributed by atoms with Gasteiger partial charge in [-0.1, -0.05) is 6.07 Å². The number of halogens is 2. The number of fused-ring (bicyclic) bond motifs is 1. The second-order valence-electron chi connectivity index (χ2n) is 4.94. The van der Waals surface area contributed by atoms with Crippen LogP contribution in [0.4, 0.5) is 15.8 Å². The van der Waals surface area contributed by atoms with Crippen LogP contribution in [0.1, 0.15) is 16.7 Å². The summed E-state index contributed by atoms with van der Waals surface area (Å²) in [6.07, 6.45) is 0. The Bertz CT molecular complexity index is 655. The van der Waals surface area contributed by atoms with Gasteiger partial charge in [0.05, 0.1) is 4.47 Å². The molecule has 4 heteroatoms. The summed E-state index contributed by atoms with van der Waals surface area (Å²) in [5.74, 6) is -0.226. The standard InChI is InChI=1S/C15H14BrFN2/c1-9-4-13(16)14(17)6-15(9)19-7-10-2-3-12(18)5-11(10)8-19/h2-6H,7-8,18H2,1H3. The van der Waals surface area contributed by atoms with Gasteiger partial charge >= 0.3 is 0 Å². The van der Waals surface area contributed by atoms with Crippen molar-refractivity contribution in [2.75, 3.05) is 10.6 Å². The van der Waals surface area contributed by atoms with Gasteiger partial charge in [0, 0.05) is 24.5 Å². The lowest BCUT2D eigenvalue weighted by atomic mass is 10.1. The lowest BCUT2D eigenvalue weighted by Gasteiger charge is -2.20. The first-order valence-electron chi connectivity index (χ1n) is 6.12. The first-order valence-corrected chi connectivity index (χ1v) is 6.92. The number of nitrogens with two attached hydrogens (primary N) is 1. The van der Waals surface area contributed by atoms with E-state index in [1.54, 1.807) is 6.07 Å². The molecule has 0 amide bonds. The van der Waals surface area contributed by atoms with Crippen molar-refractivity contribution < 1.29 is 4.39 Å². The number of hydrogen-bond donors (Lipinski definition) is 1. The Hall–Kier alpha value is -1.55. The minimum absolute atomic E-state index is 0.226. The quantitative estimate of drug-likeness (QED) is 0.805. The van der Waals surface area contributed by atoms with Gasteiger partial charge in [0.25, 0.3) is 0 Å². The molecule has 98 valence electrons. The van der Waals surface area contributed by atoms with E-state index in [2.05, 4.69) is 26.9 Å². The van der Waals surface area contributed by atoms with Gasteiger partial charge in [0.1, 0.15) is 5.82 Å². The predicted octanol–water partition coefficient (Wildman–Crippen LogP) is 4.00. The van der Waals surface area contributed by atoms with Crippen LogP contribution in [0.3, 0.4) is 0 Å². The Morgan fingerprint density at radius 2 is 1.89 bits per heavy atom. The highest BCUT2D eigenvalue weighted by molar-refractivity contribution is 9.10. The highest BCUT2D eigenvalue weighted by Crippen LogP contribution is 2.33. The number of aryl methyl sites for hydroxylation is 1. The van der Waals surface area contributed by atoms with Gasteiger partial charge < -0.3 is 10.6 Å². The van der Waals surface area contributed by atoms with Crippen LogP contribution in [-0.4, -0.2) is 0 Å². The maximum Gasteiger partial charge on any atom is 0.139 e. The first-order chi connectivity index (χ1) is 9.04. The number of nitrogens with zero attached hydrogens (tertiary/aromatic N) is 1. The van der Waals surface area contributed by atoms with Crippen LogP contribution in [0.5, 0.6) is 0 Å². The SMILES string of the molecule is Cc1cc(Br)c(F)cc1N1Cc2ccc(N)cc2C1. The molecule has 0 atom stereocenters. The molecule has 0 saturated carbocycles. The summed E-state index contributed by atoms with van der Waals surface area (Å²) in [7, 11) is 0. The maximum absolute atomic E-state index is 13.7. The summed E-state index contributed by atoms with van der Waals surface area (Å²) in [6.45, 7) is 3.58. The van der Waals surface area contributed by atoms with Gasteiger partial charge in [-0.3, -0.25) is 0 Å². The molecule has 0 fully saturated rings. The molecule has 0 aliphatic carbocycles. The monoisotopic (exact) mass is 320 g/mol. The third-order valence-corrected chi connectivity index (χ3v) is 4.14. The van der Waals surface area contributed by atoms with Crippen LogP contribution in [0.25, 0.3) is 0 Å². The van der Waals surface area contributed by atoms with E-state index in [4.69, 9.17) is 5.73 Å². The fourth-order valence-corrected chi connectivity index (χ4v) is 3.02. The Labute approximate surface area is 120 Å². The van der Waals surface area contributed by atoms with Crippen molar-refractivity contribution in [3.05, 3.63) is 57.3 Å². The van der Waals surface area contributed by atoms with E-state index in [1.807, 2.05) is 25.1 Å². The fraction of sp³-hybridized carbons (Fsp3) is 0.200. The van der Waals surface area contributed by atoms with Gasteiger partial charge in [-0.15, -0.1) is 0 Å². The van der Waals surface area contributed by atoms with Crippen LogP contribution in [0.2, 0.25) is 0 Å². The van der Waals surface area contributed by atoms with Crippen LogP contribution in [0, 0.1) is 12.7 Å². The van der Waals surface area contributed by atoms with Gasteiger partial charge in [-0.2, -0.15) is 0 Å². The minimum atomic E-state index is -0.226. The van der Waals surface area contributed by atoms with E-state index in [0.29, 0.717) is 4.47 Å². The lowest BCUT2D eigenvalue weighted by molar-refractivity contribution is 0.619. The molecule has 1 aliphatic rings. The van der Waals surface area contributed by atoms with Crippen molar-refractivity contribution in [2.24, 2.45) is 0 Å². The average Bonchev–Trinajstić information content (AvgIpc) is 2.76. The third kappa shape index (κ3) is 2.21. The van der Waals surface area contributed by atoms with E-state index in [0.717, 1.165) is 30.0 Å². The zero-order chi connectivity index (χ0) is 13.6. The zero-order valence-electron chi connectivity index (χ0n) is 10.6. The summed E-state index contributed by atoms with van der Waals surface area (Å²) < 4.78 is 14.2. The van der Waals surface area contributed by atoms with Gasteiger partial charge in [0.2, 0.25) is 0 Å². The third-order valence-electron chi connectivity index (χ3n) is 3.53. The van der Waals surface area contributed by atoms with Crippen LogP contribution < -0.4 is 10.6 Å². The van der Waals surface area contributed by atoms with Crippen LogP contribution in [0.15, 0.2) is 34.8 Å². The number of anilines is 2. The molecule has 2 aromatic rings. The summed E-state index contributed by atoms with van der Waals surface area (Å²) in [5, 5.41) is 0. The molecule has 2 aromatic carbocycles. The van der Waals surface area contributed by atoms with Crippen molar-refractivity contribution in [2.45, 2.75) is 20.0 Å². The lowest BCUT2D eigenvalue weighted by Crippen LogP contribution is -2.16. The molecule has 0 radical (unpaired) electrons. The first kappa shape index (κ1) is 12.5. The van der Waals surface area contributed by atoms with Crippen molar-refractivity contribution in [1.29, 1.82) is 0 Å². The Balaban J connectivity index is 1.97. The highest BCUT2D eigenvalue weighted by Gasteiger charge is 2.21. The van der Waals surface area contributed by atoms with Crippen molar-refractivity contribution in [1.82, 2.24) is 0 Å². The van der Waals surface area contributed by atoms with Crippen LogP contribution >= 0.6 is 15.9 Å². The molecule has 2 N–H and O–H groups in total. The molecular formula is C15H14BrFN2. The van der Waals surface area contributed by atoms with Crippen molar-refractivity contribution in [3.63, 3.8) is 0 Å². The number of nitrogen functional groups attached to an aromatic ring is 1. The minimum Gasteiger partial charge on any atom is -0.399 e. The van der Waals surface area contributed by atoms with Crippen molar-refractivity contribution >= 4 is 27.3 Å². The van der Waals surface area contributed by atoms with E-state index in [1.165, 1.54) is 11.1 Å². The van der Waals surface area contributed by atoms with Gasteiger partial charge in [-0.05, 0) is 63.8 Å². The Morgan fingerprint density at radius 1 is 1.16 bits per heavy atom. The van der Waals surface area contributed by atoms with Gasteiger partial charge in [-0.25, -0.2) is 4.39 Å². The van der Waals surface area contributed by atoms with E-state index < -0.39 is 0 Å². The molecular weight excluding hydrogens is 307 g/mol. The van der Waals surface area contributed by atoms with Gasteiger partial charge in [0.15, 0.2) is 0 Å². The fourth-order valence-electron chi connectivity index (χ4n) is 2.56. The van der Waals surface area contributed by atoms with E-state index in [9.17, 15) is 4.39 Å². The molecule has 0 bridgehead atoms. The molecule has 0 aromatic heterocycles. The molecule has 1 heterocycles. The summed E-state index contributed by atoms with van der Waals surface area (Å²) in [6, 6.07) is 9.38. The maximum atomic E-state index is 13.7. The number of rotatable bonds is 1. The summed E-state index contributed by atoms with van der Waals surface area (Å²) >= 11 is 3.22. The molecule has 0 saturated heterocycles. The van der Waals surface area contributed by atoms with E-state index in [-0.39, 0.29) is 5.82 Å². The second kappa shape index (κ2) is 4.53. The largest absolute Gasteiger partial charge is 0.399 e. The smallest absolute Gasteiger partial charge is 0.139 e. The van der Waals surface area contributed by atoms with Crippen LogP contribution in [-0.2, 0) is 13.1 Å². The topological polar surface area (TPSA) is 29.3 Å². The molecule has 2 nitrogen and oxygen atoms in total. The highest BCUT2D eigenvalue weighted by atomic mass is 79.9. The molecule has 0 unspecified atom stereocenters. The normalized spacial score (nSPS) is 13.7. The summed E-state index contributed by atoms with van der Waals surface area (Å²) in [4.78, 5) is 2.18. The predicted molar refractivity (Wildman–Crippen MR) is 79.6 cm³/mol. The number of benzene rings is 2. The van der Waals surface area contributed by atoms with E-state index >= 15 is 0 Å². The molecule has 19 heavy (non-hydrogen) atoms. The molecule has 3 rings (SSSR count). The summed E-state index contributed by atoms with van der Waals surface area (Å²) in [5.41, 5.74) is 11.1. The number of hydrogen-bond acceptors (Lipinski definition) is 2.